The zero-order valence-corrected chi connectivity index (χ0v) is 12.5. The van der Waals surface area contributed by atoms with Crippen molar-refractivity contribution in [3.05, 3.63) is 56.0 Å². The van der Waals surface area contributed by atoms with Crippen LogP contribution in [0.25, 0.3) is 10.9 Å². The number of aromatic nitrogens is 3. The highest BCUT2D eigenvalue weighted by molar-refractivity contribution is 7.07. The standard InChI is InChI=1S/C14H7ClN4O2S/c15-7-1-2-8-10(3-7)18-13(19-14(8)21)9(4-16)12(20)11-5-22-6-17-11/h1-3,5-6,9H,(H,18,19,21). The van der Waals surface area contributed by atoms with Crippen LogP contribution in [0.2, 0.25) is 5.02 Å². The van der Waals surface area contributed by atoms with Crippen molar-refractivity contribution in [2.75, 3.05) is 0 Å². The van der Waals surface area contributed by atoms with E-state index in [1.807, 2.05) is 6.07 Å². The molecule has 1 N–H and O–H groups in total. The number of hydrogen-bond acceptors (Lipinski definition) is 6. The molecule has 0 saturated heterocycles. The number of nitrogens with zero attached hydrogens (tertiary/aromatic N) is 3. The number of rotatable bonds is 3. The summed E-state index contributed by atoms with van der Waals surface area (Å²) in [6, 6.07) is 6.48. The molecule has 1 unspecified atom stereocenters. The lowest BCUT2D eigenvalue weighted by Crippen LogP contribution is -2.20. The number of nitrogens with one attached hydrogen (secondary N) is 1. The number of benzene rings is 1. The summed E-state index contributed by atoms with van der Waals surface area (Å²) in [5.41, 5.74) is 1.57. The van der Waals surface area contributed by atoms with E-state index in [-0.39, 0.29) is 11.5 Å². The monoisotopic (exact) mass is 330 g/mol. The smallest absolute Gasteiger partial charge is 0.258 e. The lowest BCUT2D eigenvalue weighted by atomic mass is 10.0. The lowest BCUT2D eigenvalue weighted by molar-refractivity contribution is 0.0972. The average molecular weight is 331 g/mol. The maximum atomic E-state index is 12.3. The van der Waals surface area contributed by atoms with Crippen LogP contribution in [0.15, 0.2) is 33.9 Å². The normalized spacial score (nSPS) is 12.0. The number of fused-ring (bicyclic) bond motifs is 1. The van der Waals surface area contributed by atoms with E-state index in [2.05, 4.69) is 15.0 Å². The van der Waals surface area contributed by atoms with Gasteiger partial charge in [0.25, 0.3) is 5.56 Å². The minimum atomic E-state index is -1.22. The Bertz CT molecular complexity index is 959. The summed E-state index contributed by atoms with van der Waals surface area (Å²) in [7, 11) is 0. The topological polar surface area (TPSA) is 99.5 Å². The van der Waals surface area contributed by atoms with E-state index in [0.717, 1.165) is 0 Å². The van der Waals surface area contributed by atoms with Crippen molar-refractivity contribution in [3.63, 3.8) is 0 Å². The first-order valence-corrected chi connectivity index (χ1v) is 7.43. The highest BCUT2D eigenvalue weighted by Gasteiger charge is 2.26. The lowest BCUT2D eigenvalue weighted by Gasteiger charge is -2.07. The molecule has 0 aliphatic rings. The number of Topliss-reactive ketones (excluding diaryl/α,β-unsaturated/α-hetero) is 1. The first-order valence-electron chi connectivity index (χ1n) is 6.11. The largest absolute Gasteiger partial charge is 0.308 e. The summed E-state index contributed by atoms with van der Waals surface area (Å²) in [4.78, 5) is 34.9. The number of ketones is 1. The Balaban J connectivity index is 2.14. The van der Waals surface area contributed by atoms with Crippen molar-refractivity contribution < 1.29 is 4.79 Å². The van der Waals surface area contributed by atoms with Crippen LogP contribution in [0.5, 0.6) is 0 Å². The summed E-state index contributed by atoms with van der Waals surface area (Å²) in [5.74, 6) is -1.74. The van der Waals surface area contributed by atoms with Crippen molar-refractivity contribution in [2.45, 2.75) is 5.92 Å². The molecule has 2 aromatic heterocycles. The van der Waals surface area contributed by atoms with Crippen LogP contribution in [-0.2, 0) is 0 Å². The number of thiazole rings is 1. The molecule has 8 heteroatoms. The molecule has 6 nitrogen and oxygen atoms in total. The summed E-state index contributed by atoms with van der Waals surface area (Å²) in [6.45, 7) is 0. The highest BCUT2D eigenvalue weighted by Crippen LogP contribution is 2.20. The molecule has 2 heterocycles. The molecule has 0 spiro atoms. The van der Waals surface area contributed by atoms with Gasteiger partial charge in [0.15, 0.2) is 5.92 Å². The molecule has 0 fully saturated rings. The molecule has 22 heavy (non-hydrogen) atoms. The Morgan fingerprint density at radius 1 is 1.45 bits per heavy atom. The van der Waals surface area contributed by atoms with Crippen LogP contribution in [0.3, 0.4) is 0 Å². The zero-order chi connectivity index (χ0) is 15.7. The van der Waals surface area contributed by atoms with E-state index in [9.17, 15) is 14.9 Å². The molecule has 1 atom stereocenters. The number of carbonyl (C=O) groups is 1. The molecule has 3 rings (SSSR count). The third-order valence-electron chi connectivity index (χ3n) is 3.04. The molecule has 0 aliphatic carbocycles. The fraction of sp³-hybridized carbons (Fsp3) is 0.0714. The van der Waals surface area contributed by atoms with Crippen LogP contribution in [-0.4, -0.2) is 20.7 Å². The van der Waals surface area contributed by atoms with Crippen molar-refractivity contribution >= 4 is 39.6 Å². The molecule has 0 amide bonds. The minimum absolute atomic E-state index is 0.0136. The fourth-order valence-corrected chi connectivity index (χ4v) is 2.70. The SMILES string of the molecule is N#CC(C(=O)c1cscn1)c1nc2cc(Cl)ccc2c(=O)[nH]1. The highest BCUT2D eigenvalue weighted by atomic mass is 35.5. The number of halogens is 1. The second-order valence-electron chi connectivity index (χ2n) is 4.41. The van der Waals surface area contributed by atoms with E-state index in [0.29, 0.717) is 15.9 Å². The van der Waals surface area contributed by atoms with Gasteiger partial charge in [0, 0.05) is 10.4 Å². The average Bonchev–Trinajstić information content (AvgIpc) is 3.01. The number of hydrogen-bond donors (Lipinski definition) is 1. The van der Waals surface area contributed by atoms with Gasteiger partial charge in [-0.25, -0.2) is 9.97 Å². The second-order valence-corrected chi connectivity index (χ2v) is 5.57. The zero-order valence-electron chi connectivity index (χ0n) is 10.9. The molecule has 3 aromatic rings. The van der Waals surface area contributed by atoms with Crippen molar-refractivity contribution in [2.24, 2.45) is 0 Å². The van der Waals surface area contributed by atoms with Gasteiger partial charge in [0.05, 0.1) is 22.5 Å². The Labute approximate surface area is 133 Å². The molecule has 108 valence electrons. The Morgan fingerprint density at radius 2 is 2.27 bits per heavy atom. The predicted molar refractivity (Wildman–Crippen MR) is 82.2 cm³/mol. The van der Waals surface area contributed by atoms with E-state index >= 15 is 0 Å². The third-order valence-corrected chi connectivity index (χ3v) is 3.86. The van der Waals surface area contributed by atoms with Crippen molar-refractivity contribution in [1.29, 1.82) is 5.26 Å². The minimum Gasteiger partial charge on any atom is -0.308 e. The van der Waals surface area contributed by atoms with Crippen LogP contribution >= 0.6 is 22.9 Å². The maximum absolute atomic E-state index is 12.3. The van der Waals surface area contributed by atoms with Gasteiger partial charge in [-0.15, -0.1) is 11.3 Å². The van der Waals surface area contributed by atoms with E-state index in [1.54, 1.807) is 11.4 Å². The molecule has 0 bridgehead atoms. The molecule has 1 aromatic carbocycles. The second kappa shape index (κ2) is 5.67. The van der Waals surface area contributed by atoms with Crippen molar-refractivity contribution in [1.82, 2.24) is 15.0 Å². The molecular formula is C14H7ClN4O2S. The van der Waals surface area contributed by atoms with Crippen LogP contribution < -0.4 is 5.56 Å². The van der Waals surface area contributed by atoms with E-state index < -0.39 is 17.3 Å². The van der Waals surface area contributed by atoms with Gasteiger partial charge in [-0.05, 0) is 18.2 Å². The maximum Gasteiger partial charge on any atom is 0.258 e. The molecule has 0 aliphatic heterocycles. The molecular weight excluding hydrogens is 324 g/mol. The Kier molecular flexibility index (Phi) is 3.71. The predicted octanol–water partition coefficient (Wildman–Crippen LogP) is 2.52. The number of carbonyl (C=O) groups excluding carboxylic acids is 1. The summed E-state index contributed by atoms with van der Waals surface area (Å²) < 4.78 is 0. The van der Waals surface area contributed by atoms with E-state index in [4.69, 9.17) is 11.6 Å². The Hall–Kier alpha value is -2.56. The van der Waals surface area contributed by atoms with Gasteiger partial charge >= 0.3 is 0 Å². The van der Waals surface area contributed by atoms with Gasteiger partial charge in [-0.3, -0.25) is 9.59 Å². The molecule has 0 radical (unpaired) electrons. The van der Waals surface area contributed by atoms with Crippen molar-refractivity contribution in [3.8, 4) is 6.07 Å². The van der Waals surface area contributed by atoms with Gasteiger partial charge < -0.3 is 4.98 Å². The van der Waals surface area contributed by atoms with Gasteiger partial charge in [-0.1, -0.05) is 11.6 Å². The number of nitriles is 1. The van der Waals surface area contributed by atoms with Crippen LogP contribution in [0, 0.1) is 11.3 Å². The third kappa shape index (κ3) is 2.50. The summed E-state index contributed by atoms with van der Waals surface area (Å²) >= 11 is 7.14. The van der Waals surface area contributed by atoms with Crippen LogP contribution in [0.4, 0.5) is 0 Å². The van der Waals surface area contributed by atoms with Gasteiger partial charge in [0.2, 0.25) is 5.78 Å². The first kappa shape index (κ1) is 14.4. The number of H-pyrrole nitrogens is 1. The molecule has 0 saturated carbocycles. The van der Waals surface area contributed by atoms with E-state index in [1.165, 1.54) is 29.0 Å². The summed E-state index contributed by atoms with van der Waals surface area (Å²) in [5, 5.41) is 11.6. The van der Waals surface area contributed by atoms with Gasteiger partial charge in [0.1, 0.15) is 11.5 Å². The number of aromatic amines is 1. The Morgan fingerprint density at radius 3 is 2.95 bits per heavy atom. The summed E-state index contributed by atoms with van der Waals surface area (Å²) in [6.07, 6.45) is 0. The van der Waals surface area contributed by atoms with Gasteiger partial charge in [-0.2, -0.15) is 5.26 Å². The quantitative estimate of drug-likeness (QED) is 0.744. The van der Waals surface area contributed by atoms with Crippen LogP contribution in [0.1, 0.15) is 22.2 Å². The fourth-order valence-electron chi connectivity index (χ4n) is 1.99. The first-order chi connectivity index (χ1) is 10.6.